The van der Waals surface area contributed by atoms with Crippen LogP contribution in [0.3, 0.4) is 0 Å². The van der Waals surface area contributed by atoms with E-state index in [1.807, 2.05) is 0 Å². The number of rotatable bonds is 5. The Labute approximate surface area is 236 Å². The van der Waals surface area contributed by atoms with Crippen LogP contribution in [0.4, 0.5) is 11.6 Å². The number of nitrogens with one attached hydrogen (secondary N) is 1. The Kier molecular flexibility index (Phi) is 6.71. The first kappa shape index (κ1) is 27.2. The third kappa shape index (κ3) is 5.24. The van der Waals surface area contributed by atoms with Gasteiger partial charge in [-0.2, -0.15) is 13.5 Å². The third-order valence-corrected chi connectivity index (χ3v) is 10.7. The second-order valence-corrected chi connectivity index (χ2v) is 14.8. The van der Waals surface area contributed by atoms with E-state index >= 15 is 0 Å². The van der Waals surface area contributed by atoms with Crippen LogP contribution in [0.1, 0.15) is 88.9 Å². The zero-order valence-corrected chi connectivity index (χ0v) is 24.5. The summed E-state index contributed by atoms with van der Waals surface area (Å²) in [4.78, 5) is 35.7. The Morgan fingerprint density at radius 1 is 1.07 bits per heavy atom. The summed E-state index contributed by atoms with van der Waals surface area (Å²) >= 11 is 0. The van der Waals surface area contributed by atoms with Crippen LogP contribution in [0, 0.1) is 17.3 Å². The summed E-state index contributed by atoms with van der Waals surface area (Å²) in [6.07, 6.45) is 10.9. The lowest BCUT2D eigenvalue weighted by atomic mass is 9.93. The molecule has 2 atom stereocenters. The van der Waals surface area contributed by atoms with Crippen molar-refractivity contribution in [2.24, 2.45) is 17.3 Å². The summed E-state index contributed by atoms with van der Waals surface area (Å²) in [5.41, 5.74) is 0.373. The molecule has 10 nitrogen and oxygen atoms in total. The number of aromatic nitrogens is 3. The van der Waals surface area contributed by atoms with E-state index in [0.717, 1.165) is 38.5 Å². The van der Waals surface area contributed by atoms with Gasteiger partial charge in [0.25, 0.3) is 15.9 Å². The van der Waals surface area contributed by atoms with Crippen molar-refractivity contribution >= 4 is 33.5 Å². The van der Waals surface area contributed by atoms with Crippen LogP contribution in [-0.4, -0.2) is 53.6 Å². The van der Waals surface area contributed by atoms with E-state index in [9.17, 15) is 18.0 Å². The minimum Gasteiger partial charge on any atom is -0.350 e. The second kappa shape index (κ2) is 9.85. The van der Waals surface area contributed by atoms with Gasteiger partial charge < -0.3 is 4.90 Å². The van der Waals surface area contributed by atoms with Crippen molar-refractivity contribution in [3.63, 3.8) is 0 Å². The zero-order chi connectivity index (χ0) is 28.3. The van der Waals surface area contributed by atoms with Crippen LogP contribution < -0.4 is 14.5 Å². The van der Waals surface area contributed by atoms with Gasteiger partial charge in [0.1, 0.15) is 11.6 Å². The Balaban J connectivity index is 1.31. The molecule has 1 saturated carbocycles. The predicted octanol–water partition coefficient (Wildman–Crippen LogP) is 4.12. The number of hydrogen-bond donors (Lipinski definition) is 1. The summed E-state index contributed by atoms with van der Waals surface area (Å²) in [6, 6.07) is 4.70. The molecular weight excluding hydrogens is 528 g/mol. The van der Waals surface area contributed by atoms with E-state index in [2.05, 4.69) is 35.5 Å². The normalized spacial score (nSPS) is 26.8. The number of nitrogens with zero attached hydrogens (tertiary/aromatic N) is 5. The van der Waals surface area contributed by atoms with E-state index in [4.69, 9.17) is 4.98 Å². The molecule has 1 N–H and O–H groups in total. The van der Waals surface area contributed by atoms with Gasteiger partial charge >= 0.3 is 0 Å². The molecule has 3 aliphatic heterocycles. The monoisotopic (exact) mass is 568 g/mol. The molecule has 0 aromatic carbocycles. The number of fused-ring (bicyclic) bond motifs is 6. The lowest BCUT2D eigenvalue weighted by molar-refractivity contribution is -0.120. The average Bonchev–Trinajstić information content (AvgIpc) is 3.20. The summed E-state index contributed by atoms with van der Waals surface area (Å²) < 4.78 is 29.9. The van der Waals surface area contributed by atoms with E-state index in [0.29, 0.717) is 42.6 Å². The highest BCUT2D eigenvalue weighted by Gasteiger charge is 2.42. The van der Waals surface area contributed by atoms with E-state index in [-0.39, 0.29) is 28.0 Å². The zero-order valence-electron chi connectivity index (χ0n) is 23.7. The summed E-state index contributed by atoms with van der Waals surface area (Å²) in [5, 5.41) is 4.01. The lowest BCUT2D eigenvalue weighted by Crippen LogP contribution is -2.41. The number of carbonyl (C=O) groups excluding carboxylic acids is 2. The van der Waals surface area contributed by atoms with Crippen LogP contribution >= 0.6 is 0 Å². The van der Waals surface area contributed by atoms with E-state index in [1.165, 1.54) is 25.3 Å². The lowest BCUT2D eigenvalue weighted by Gasteiger charge is -2.34. The van der Waals surface area contributed by atoms with Crippen molar-refractivity contribution in [1.82, 2.24) is 19.5 Å². The maximum atomic E-state index is 13.5. The highest BCUT2D eigenvalue weighted by atomic mass is 32.2. The van der Waals surface area contributed by atoms with Crippen molar-refractivity contribution in [2.75, 3.05) is 22.9 Å². The van der Waals surface area contributed by atoms with Crippen LogP contribution in [0.25, 0.3) is 0 Å². The van der Waals surface area contributed by atoms with E-state index < -0.39 is 15.9 Å². The quantitative estimate of drug-likeness (QED) is 0.577. The van der Waals surface area contributed by atoms with Crippen LogP contribution in [-0.2, 0) is 21.4 Å². The molecule has 4 aliphatic rings. The standard InChI is InChI=1S/C29H40N6O4S/c1-28(2)18-20-6-5-15-33-16-11-24(31-33)40(38,39)32-26(36)22-8-9-23(30-25(22)35(28)19-20)34-17-10-21(27(34)37)7-4-12-29(3)13-14-29/h8-9,11,16,20-21H,4-7,10,12-15,17-19H2,1-3H3,(H,32,36). The van der Waals surface area contributed by atoms with Crippen LogP contribution in [0.2, 0.25) is 0 Å². The first-order valence-corrected chi connectivity index (χ1v) is 16.1. The van der Waals surface area contributed by atoms with E-state index in [1.54, 1.807) is 27.9 Å². The molecule has 3 fully saturated rings. The maximum absolute atomic E-state index is 13.5. The number of aryl methyl sites for hydroxylation is 1. The molecule has 2 amide bonds. The molecule has 2 aromatic heterocycles. The summed E-state index contributed by atoms with van der Waals surface area (Å²) in [7, 11) is -4.16. The van der Waals surface area contributed by atoms with Gasteiger partial charge in [-0.1, -0.05) is 13.3 Å². The molecule has 0 radical (unpaired) electrons. The van der Waals surface area contributed by atoms with Gasteiger partial charge in [0.2, 0.25) is 5.91 Å². The molecule has 5 heterocycles. The van der Waals surface area contributed by atoms with Gasteiger partial charge in [-0.3, -0.25) is 19.2 Å². The first-order chi connectivity index (χ1) is 18.9. The minimum absolute atomic E-state index is 0.00123. The average molecular weight is 569 g/mol. The molecule has 2 saturated heterocycles. The van der Waals surface area contributed by atoms with Crippen molar-refractivity contribution < 1.29 is 18.0 Å². The summed E-state index contributed by atoms with van der Waals surface area (Å²) in [5.74, 6) is 0.686. The minimum atomic E-state index is -4.16. The number of amides is 2. The molecule has 4 bridgehead atoms. The largest absolute Gasteiger partial charge is 0.350 e. The highest BCUT2D eigenvalue weighted by molar-refractivity contribution is 7.90. The molecule has 11 heteroatoms. The van der Waals surface area contributed by atoms with Gasteiger partial charge in [0.05, 0.1) is 5.56 Å². The van der Waals surface area contributed by atoms with Crippen molar-refractivity contribution in [3.05, 3.63) is 30.0 Å². The fourth-order valence-electron chi connectivity index (χ4n) is 6.78. The molecule has 2 aromatic rings. The molecule has 0 spiro atoms. The smallest absolute Gasteiger partial charge is 0.283 e. The maximum Gasteiger partial charge on any atom is 0.283 e. The molecule has 40 heavy (non-hydrogen) atoms. The third-order valence-electron chi connectivity index (χ3n) is 9.47. The van der Waals surface area contributed by atoms with Gasteiger partial charge in [0, 0.05) is 37.3 Å². The van der Waals surface area contributed by atoms with Gasteiger partial charge in [-0.05, 0) is 94.7 Å². The predicted molar refractivity (Wildman–Crippen MR) is 152 cm³/mol. The van der Waals surface area contributed by atoms with Crippen molar-refractivity contribution in [1.29, 1.82) is 0 Å². The highest BCUT2D eigenvalue weighted by Crippen LogP contribution is 2.49. The molecular formula is C29H40N6O4S. The fourth-order valence-corrected chi connectivity index (χ4v) is 7.69. The SMILES string of the molecule is CC1(CCCC2CCN(c3ccc4c(n3)N3CC(CCCn5ccc(n5)S(=O)(=O)NC4=O)CC3(C)C)C2=O)CC1. The number of hydrogen-bond acceptors (Lipinski definition) is 7. The number of carbonyl (C=O) groups is 2. The Morgan fingerprint density at radius 3 is 2.65 bits per heavy atom. The first-order valence-electron chi connectivity index (χ1n) is 14.6. The molecule has 1 aliphatic carbocycles. The van der Waals surface area contributed by atoms with Gasteiger partial charge in [-0.25, -0.2) is 9.71 Å². The number of sulfonamides is 1. The van der Waals surface area contributed by atoms with Crippen LogP contribution in [0.5, 0.6) is 0 Å². The van der Waals surface area contributed by atoms with Gasteiger partial charge in [0.15, 0.2) is 5.03 Å². The Hall–Kier alpha value is -2.95. The van der Waals surface area contributed by atoms with Crippen molar-refractivity contribution in [2.45, 2.75) is 95.7 Å². The number of anilines is 2. The fraction of sp³-hybridized carbons (Fsp3) is 0.655. The van der Waals surface area contributed by atoms with Gasteiger partial charge in [-0.15, -0.1) is 0 Å². The topological polar surface area (TPSA) is 118 Å². The second-order valence-electron chi connectivity index (χ2n) is 13.2. The Morgan fingerprint density at radius 2 is 1.88 bits per heavy atom. The van der Waals surface area contributed by atoms with Crippen molar-refractivity contribution in [3.8, 4) is 0 Å². The molecule has 2 unspecified atom stereocenters. The summed E-state index contributed by atoms with van der Waals surface area (Å²) in [6.45, 7) is 8.51. The number of pyridine rings is 1. The molecule has 216 valence electrons. The van der Waals surface area contributed by atoms with Crippen LogP contribution in [0.15, 0.2) is 29.4 Å². The Bertz CT molecular complexity index is 1430. The molecule has 6 rings (SSSR count).